The maximum Gasteiger partial charge on any atom is 0.192 e. The van der Waals surface area contributed by atoms with E-state index in [-0.39, 0.29) is 6.04 Å². The standard InChI is InChI=1S/C13H15N3S/c1-9-7-15-13(16-8-9)17-12-6-4-3-5-11(12)10(2)14/h3-8,10H,14H2,1-2H3. The minimum Gasteiger partial charge on any atom is -0.324 e. The molecule has 0 radical (unpaired) electrons. The van der Waals surface area contributed by atoms with Crippen LogP contribution in [0.25, 0.3) is 0 Å². The third-order valence-corrected chi connectivity index (χ3v) is 3.35. The van der Waals surface area contributed by atoms with Crippen molar-refractivity contribution in [2.24, 2.45) is 5.73 Å². The fourth-order valence-electron chi connectivity index (χ4n) is 1.48. The molecular weight excluding hydrogens is 230 g/mol. The molecule has 2 aromatic rings. The van der Waals surface area contributed by atoms with Crippen molar-refractivity contribution in [2.45, 2.75) is 29.9 Å². The largest absolute Gasteiger partial charge is 0.324 e. The number of hydrogen-bond donors (Lipinski definition) is 1. The van der Waals surface area contributed by atoms with Gasteiger partial charge in [-0.05, 0) is 42.8 Å². The van der Waals surface area contributed by atoms with Gasteiger partial charge < -0.3 is 5.73 Å². The molecule has 0 saturated carbocycles. The van der Waals surface area contributed by atoms with Crippen molar-refractivity contribution in [3.63, 3.8) is 0 Å². The first-order valence-corrected chi connectivity index (χ1v) is 6.29. The molecular formula is C13H15N3S. The second kappa shape index (κ2) is 5.29. The summed E-state index contributed by atoms with van der Waals surface area (Å²) in [5, 5.41) is 0.753. The van der Waals surface area contributed by atoms with Gasteiger partial charge in [0, 0.05) is 23.3 Å². The second-order valence-electron chi connectivity index (χ2n) is 3.97. The van der Waals surface area contributed by atoms with E-state index in [1.54, 1.807) is 11.8 Å². The smallest absolute Gasteiger partial charge is 0.192 e. The Hall–Kier alpha value is -1.39. The minimum atomic E-state index is 0.0177. The molecule has 0 spiro atoms. The average Bonchev–Trinajstić information content (AvgIpc) is 2.32. The Morgan fingerprint density at radius 3 is 2.47 bits per heavy atom. The van der Waals surface area contributed by atoms with Crippen LogP contribution in [0.15, 0.2) is 46.7 Å². The first kappa shape index (κ1) is 12.1. The third kappa shape index (κ3) is 3.05. The van der Waals surface area contributed by atoms with Crippen LogP contribution in [0, 0.1) is 6.92 Å². The Kier molecular flexibility index (Phi) is 3.76. The fourth-order valence-corrected chi connectivity index (χ4v) is 2.41. The molecule has 88 valence electrons. The number of nitrogens with zero attached hydrogens (tertiary/aromatic N) is 2. The molecule has 0 bridgehead atoms. The van der Waals surface area contributed by atoms with E-state index in [0.29, 0.717) is 0 Å². The molecule has 1 unspecified atom stereocenters. The normalized spacial score (nSPS) is 12.4. The molecule has 1 aromatic heterocycles. The summed E-state index contributed by atoms with van der Waals surface area (Å²) in [6.07, 6.45) is 3.65. The zero-order chi connectivity index (χ0) is 12.3. The summed E-state index contributed by atoms with van der Waals surface area (Å²) < 4.78 is 0. The Morgan fingerprint density at radius 2 is 1.82 bits per heavy atom. The van der Waals surface area contributed by atoms with E-state index in [2.05, 4.69) is 9.97 Å². The molecule has 0 fully saturated rings. The zero-order valence-electron chi connectivity index (χ0n) is 9.92. The maximum atomic E-state index is 5.94. The Bertz CT molecular complexity index is 494. The van der Waals surface area contributed by atoms with Gasteiger partial charge in [-0.25, -0.2) is 9.97 Å². The van der Waals surface area contributed by atoms with E-state index in [0.717, 1.165) is 21.2 Å². The third-order valence-electron chi connectivity index (χ3n) is 2.37. The molecule has 0 aliphatic carbocycles. The number of aryl methyl sites for hydroxylation is 1. The second-order valence-corrected chi connectivity index (χ2v) is 4.98. The molecule has 1 heterocycles. The van der Waals surface area contributed by atoms with Crippen LogP contribution in [0.4, 0.5) is 0 Å². The zero-order valence-corrected chi connectivity index (χ0v) is 10.7. The van der Waals surface area contributed by atoms with Gasteiger partial charge in [-0.1, -0.05) is 18.2 Å². The lowest BCUT2D eigenvalue weighted by Gasteiger charge is -2.10. The number of rotatable bonds is 3. The highest BCUT2D eigenvalue weighted by Crippen LogP contribution is 2.30. The Labute approximate surface area is 105 Å². The van der Waals surface area contributed by atoms with Crippen LogP contribution in [-0.2, 0) is 0 Å². The van der Waals surface area contributed by atoms with Crippen molar-refractivity contribution in [3.8, 4) is 0 Å². The predicted octanol–water partition coefficient (Wildman–Crippen LogP) is 2.96. The van der Waals surface area contributed by atoms with Gasteiger partial charge in [0.2, 0.25) is 0 Å². The molecule has 0 saturated heterocycles. The quantitative estimate of drug-likeness (QED) is 0.845. The van der Waals surface area contributed by atoms with Crippen LogP contribution < -0.4 is 5.73 Å². The molecule has 0 aliphatic heterocycles. The van der Waals surface area contributed by atoms with E-state index < -0.39 is 0 Å². The SMILES string of the molecule is Cc1cnc(Sc2ccccc2C(C)N)nc1. The van der Waals surface area contributed by atoms with Gasteiger partial charge in [0.05, 0.1) is 0 Å². The lowest BCUT2D eigenvalue weighted by Crippen LogP contribution is -2.06. The van der Waals surface area contributed by atoms with E-state index in [9.17, 15) is 0 Å². The summed E-state index contributed by atoms with van der Waals surface area (Å²) in [4.78, 5) is 9.69. The van der Waals surface area contributed by atoms with Gasteiger partial charge in [-0.15, -0.1) is 0 Å². The highest BCUT2D eigenvalue weighted by atomic mass is 32.2. The molecule has 3 nitrogen and oxygen atoms in total. The van der Waals surface area contributed by atoms with Crippen LogP contribution in [-0.4, -0.2) is 9.97 Å². The highest BCUT2D eigenvalue weighted by molar-refractivity contribution is 7.99. The first-order valence-electron chi connectivity index (χ1n) is 5.48. The topological polar surface area (TPSA) is 51.8 Å². The molecule has 2 N–H and O–H groups in total. The van der Waals surface area contributed by atoms with Gasteiger partial charge in [0.15, 0.2) is 5.16 Å². The predicted molar refractivity (Wildman–Crippen MR) is 69.9 cm³/mol. The molecule has 0 amide bonds. The molecule has 17 heavy (non-hydrogen) atoms. The summed E-state index contributed by atoms with van der Waals surface area (Å²) in [5.74, 6) is 0. The Balaban J connectivity index is 2.26. The van der Waals surface area contributed by atoms with Gasteiger partial charge in [-0.3, -0.25) is 0 Å². The van der Waals surface area contributed by atoms with Gasteiger partial charge in [0.1, 0.15) is 0 Å². The lowest BCUT2D eigenvalue weighted by atomic mass is 10.1. The van der Waals surface area contributed by atoms with Crippen molar-refractivity contribution >= 4 is 11.8 Å². The summed E-state index contributed by atoms with van der Waals surface area (Å²) in [7, 11) is 0. The number of aromatic nitrogens is 2. The molecule has 1 aromatic carbocycles. The molecule has 2 rings (SSSR count). The van der Waals surface area contributed by atoms with Crippen LogP contribution in [0.5, 0.6) is 0 Å². The monoisotopic (exact) mass is 245 g/mol. The summed E-state index contributed by atoms with van der Waals surface area (Å²) in [6, 6.07) is 8.11. The van der Waals surface area contributed by atoms with Crippen molar-refractivity contribution in [3.05, 3.63) is 47.8 Å². The first-order chi connectivity index (χ1) is 8.16. The van der Waals surface area contributed by atoms with Crippen molar-refractivity contribution in [1.82, 2.24) is 9.97 Å². The minimum absolute atomic E-state index is 0.0177. The van der Waals surface area contributed by atoms with Gasteiger partial charge >= 0.3 is 0 Å². The number of hydrogen-bond acceptors (Lipinski definition) is 4. The van der Waals surface area contributed by atoms with Crippen LogP contribution in [0.3, 0.4) is 0 Å². The van der Waals surface area contributed by atoms with Crippen LogP contribution in [0.1, 0.15) is 24.1 Å². The number of nitrogens with two attached hydrogens (primary N) is 1. The summed E-state index contributed by atoms with van der Waals surface area (Å²) in [5.41, 5.74) is 8.13. The number of benzene rings is 1. The van der Waals surface area contributed by atoms with E-state index >= 15 is 0 Å². The van der Waals surface area contributed by atoms with Crippen molar-refractivity contribution in [1.29, 1.82) is 0 Å². The van der Waals surface area contributed by atoms with Crippen LogP contribution >= 0.6 is 11.8 Å². The lowest BCUT2D eigenvalue weighted by molar-refractivity contribution is 0.796. The highest BCUT2D eigenvalue weighted by Gasteiger charge is 2.08. The van der Waals surface area contributed by atoms with E-state index in [4.69, 9.17) is 5.73 Å². The summed E-state index contributed by atoms with van der Waals surface area (Å²) >= 11 is 1.55. The molecule has 1 atom stereocenters. The van der Waals surface area contributed by atoms with E-state index in [1.807, 2.05) is 50.5 Å². The average molecular weight is 245 g/mol. The van der Waals surface area contributed by atoms with E-state index in [1.165, 1.54) is 0 Å². The fraction of sp³-hybridized carbons (Fsp3) is 0.231. The molecule has 0 aliphatic rings. The van der Waals surface area contributed by atoms with Crippen molar-refractivity contribution in [2.75, 3.05) is 0 Å². The molecule has 4 heteroatoms. The van der Waals surface area contributed by atoms with Gasteiger partial charge in [-0.2, -0.15) is 0 Å². The Morgan fingerprint density at radius 1 is 1.18 bits per heavy atom. The maximum absolute atomic E-state index is 5.94. The van der Waals surface area contributed by atoms with Crippen LogP contribution in [0.2, 0.25) is 0 Å². The van der Waals surface area contributed by atoms with Crippen molar-refractivity contribution < 1.29 is 0 Å². The van der Waals surface area contributed by atoms with Gasteiger partial charge in [0.25, 0.3) is 0 Å². The summed E-state index contributed by atoms with van der Waals surface area (Å²) in [6.45, 7) is 3.96.